The first kappa shape index (κ1) is 15.4. The molecule has 0 heterocycles. The average Bonchev–Trinajstić information content (AvgIpc) is 2.37. The molecule has 0 fully saturated rings. The summed E-state index contributed by atoms with van der Waals surface area (Å²) in [6.07, 6.45) is 0.204. The van der Waals surface area contributed by atoms with Crippen LogP contribution in [0.1, 0.15) is 36.2 Å². The third-order valence-corrected chi connectivity index (χ3v) is 7.60. The van der Waals surface area contributed by atoms with Crippen LogP contribution >= 0.6 is 15.9 Å². The number of ketones is 1. The van der Waals surface area contributed by atoms with Crippen LogP contribution in [0.25, 0.3) is 0 Å². The van der Waals surface area contributed by atoms with Crippen molar-refractivity contribution >= 4 is 31.6 Å². The summed E-state index contributed by atoms with van der Waals surface area (Å²) in [5, 5.41) is 0. The maximum Gasteiger partial charge on any atom is 0.194 e. The largest absolute Gasteiger partial charge is 0.291 e. The topological polar surface area (TPSA) is 51.2 Å². The monoisotopic (exact) mass is 332 g/mol. The number of rotatable bonds is 5. The minimum absolute atomic E-state index is 0.0658. The first-order valence-electron chi connectivity index (χ1n) is 5.81. The third kappa shape index (κ3) is 2.67. The predicted molar refractivity (Wildman–Crippen MR) is 76.9 cm³/mol. The molecule has 1 aromatic rings. The summed E-state index contributed by atoms with van der Waals surface area (Å²) in [6.45, 7) is 5.15. The van der Waals surface area contributed by atoms with E-state index in [2.05, 4.69) is 15.9 Å². The first-order chi connectivity index (χ1) is 8.28. The minimum atomic E-state index is -3.50. The Bertz CT molecular complexity index is 534. The molecule has 0 bridgehead atoms. The molecule has 0 aliphatic rings. The van der Waals surface area contributed by atoms with Crippen LogP contribution in [-0.2, 0) is 9.84 Å². The van der Waals surface area contributed by atoms with Crippen molar-refractivity contribution in [3.8, 4) is 0 Å². The van der Waals surface area contributed by atoms with Crippen molar-refractivity contribution in [2.24, 2.45) is 0 Å². The van der Waals surface area contributed by atoms with E-state index in [1.807, 2.05) is 6.92 Å². The van der Waals surface area contributed by atoms with Gasteiger partial charge in [0.05, 0.1) is 0 Å². The Morgan fingerprint density at radius 1 is 1.22 bits per heavy atom. The van der Waals surface area contributed by atoms with Crippen LogP contribution in [-0.4, -0.2) is 23.6 Å². The van der Waals surface area contributed by atoms with Gasteiger partial charge in [-0.25, -0.2) is 8.42 Å². The maximum atomic E-state index is 12.4. The lowest BCUT2D eigenvalue weighted by atomic mass is 10.1. The second-order valence-electron chi connectivity index (χ2n) is 4.18. The Morgan fingerprint density at radius 2 is 1.72 bits per heavy atom. The highest BCUT2D eigenvalue weighted by Crippen LogP contribution is 2.34. The van der Waals surface area contributed by atoms with Gasteiger partial charge >= 0.3 is 0 Å². The van der Waals surface area contributed by atoms with Crippen LogP contribution in [0.4, 0.5) is 0 Å². The second kappa shape index (κ2) is 5.53. The predicted octanol–water partition coefficient (Wildman–Crippen LogP) is 3.11. The smallest absolute Gasteiger partial charge is 0.194 e. The fraction of sp³-hybridized carbons (Fsp3) is 0.462. The van der Waals surface area contributed by atoms with Crippen LogP contribution in [0.15, 0.2) is 24.3 Å². The quantitative estimate of drug-likeness (QED) is 0.614. The molecule has 1 rings (SSSR count). The highest BCUT2D eigenvalue weighted by Gasteiger charge is 2.45. The molecule has 0 spiro atoms. The normalized spacial score (nSPS) is 15.1. The summed E-state index contributed by atoms with van der Waals surface area (Å²) < 4.78 is 22.6. The molecule has 0 N–H and O–H groups in total. The fourth-order valence-electron chi connectivity index (χ4n) is 1.67. The van der Waals surface area contributed by atoms with Crippen LogP contribution in [0, 0.1) is 6.92 Å². The minimum Gasteiger partial charge on any atom is -0.291 e. The molecule has 100 valence electrons. The molecule has 0 saturated carbocycles. The van der Waals surface area contributed by atoms with Crippen molar-refractivity contribution < 1.29 is 13.2 Å². The van der Waals surface area contributed by atoms with Gasteiger partial charge < -0.3 is 0 Å². The van der Waals surface area contributed by atoms with Gasteiger partial charge in [-0.2, -0.15) is 0 Å². The lowest BCUT2D eigenvalue weighted by Gasteiger charge is -2.24. The number of hydrogen-bond donors (Lipinski definition) is 0. The third-order valence-electron chi connectivity index (χ3n) is 2.98. The highest BCUT2D eigenvalue weighted by atomic mass is 79.9. The van der Waals surface area contributed by atoms with Gasteiger partial charge in [-0.05, 0) is 13.3 Å². The van der Waals surface area contributed by atoms with Crippen LogP contribution < -0.4 is 0 Å². The van der Waals surface area contributed by atoms with Gasteiger partial charge in [0, 0.05) is 11.3 Å². The van der Waals surface area contributed by atoms with E-state index in [1.54, 1.807) is 38.1 Å². The van der Waals surface area contributed by atoms with Gasteiger partial charge in [0.2, 0.25) is 0 Å². The Labute approximate surface area is 117 Å². The zero-order valence-electron chi connectivity index (χ0n) is 10.7. The summed E-state index contributed by atoms with van der Waals surface area (Å²) >= 11 is 3.15. The number of Topliss-reactive ketones (excluding diaryl/α,β-unsaturated/α-hetero) is 1. The second-order valence-corrected chi connectivity index (χ2v) is 8.56. The molecular formula is C13H17BrO3S. The molecule has 0 unspecified atom stereocenters. The molecule has 0 amide bonds. The summed E-state index contributed by atoms with van der Waals surface area (Å²) in [4.78, 5) is 12.4. The van der Waals surface area contributed by atoms with E-state index < -0.39 is 19.3 Å². The van der Waals surface area contributed by atoms with Crippen molar-refractivity contribution in [1.82, 2.24) is 0 Å². The van der Waals surface area contributed by atoms with Crippen molar-refractivity contribution in [2.45, 2.75) is 30.8 Å². The molecule has 0 aromatic heterocycles. The number of carbonyl (C=O) groups is 1. The van der Waals surface area contributed by atoms with E-state index in [0.717, 1.165) is 5.56 Å². The van der Waals surface area contributed by atoms with E-state index in [9.17, 15) is 13.2 Å². The number of benzene rings is 1. The molecular weight excluding hydrogens is 316 g/mol. The average molecular weight is 333 g/mol. The number of halogens is 1. The van der Waals surface area contributed by atoms with E-state index in [-0.39, 0.29) is 12.2 Å². The fourth-order valence-corrected chi connectivity index (χ4v) is 3.88. The molecule has 0 radical (unpaired) electrons. The zero-order chi connectivity index (χ0) is 14.0. The van der Waals surface area contributed by atoms with Gasteiger partial charge in [0.15, 0.2) is 19.3 Å². The Morgan fingerprint density at radius 3 is 2.11 bits per heavy atom. The molecule has 0 aliphatic heterocycles. The summed E-state index contributed by atoms with van der Waals surface area (Å²) in [5.74, 6) is -0.462. The summed E-state index contributed by atoms with van der Waals surface area (Å²) in [6, 6.07) is 6.92. The van der Waals surface area contributed by atoms with E-state index in [1.165, 1.54) is 0 Å². The molecule has 0 aliphatic carbocycles. The zero-order valence-corrected chi connectivity index (χ0v) is 13.1. The summed E-state index contributed by atoms with van der Waals surface area (Å²) in [5.41, 5.74) is 1.44. The van der Waals surface area contributed by atoms with Crippen molar-refractivity contribution in [3.05, 3.63) is 35.4 Å². The van der Waals surface area contributed by atoms with Gasteiger partial charge in [-0.3, -0.25) is 4.79 Å². The van der Waals surface area contributed by atoms with Crippen molar-refractivity contribution in [1.29, 1.82) is 0 Å². The molecule has 5 heteroatoms. The number of hydrogen-bond acceptors (Lipinski definition) is 3. The number of carbonyl (C=O) groups excluding carboxylic acids is 1. The lowest BCUT2D eigenvalue weighted by Crippen LogP contribution is -2.41. The maximum absolute atomic E-state index is 12.4. The number of alkyl halides is 1. The molecule has 1 atom stereocenters. The first-order valence-corrected chi connectivity index (χ1v) is 8.25. The van der Waals surface area contributed by atoms with Crippen molar-refractivity contribution in [3.63, 3.8) is 0 Å². The van der Waals surface area contributed by atoms with Crippen molar-refractivity contribution in [2.75, 3.05) is 5.75 Å². The van der Waals surface area contributed by atoms with E-state index >= 15 is 0 Å². The van der Waals surface area contributed by atoms with Crippen LogP contribution in [0.5, 0.6) is 0 Å². The van der Waals surface area contributed by atoms with Gasteiger partial charge in [0.25, 0.3) is 0 Å². The molecule has 1 aromatic carbocycles. The standard InChI is InChI=1S/C13H17BrO3S/c1-4-13(14,18(16,17)5-2)12(15)11-8-6-10(3)7-9-11/h6-9H,4-5H2,1-3H3/t13-/m1/s1. The van der Waals surface area contributed by atoms with Gasteiger partial charge in [-0.1, -0.05) is 59.6 Å². The SMILES string of the molecule is CC[C@](Br)(C(=O)c1ccc(C)cc1)S(=O)(=O)CC. The highest BCUT2D eigenvalue weighted by molar-refractivity contribution is 9.12. The Kier molecular flexibility index (Phi) is 4.72. The Balaban J connectivity index is 3.26. The summed E-state index contributed by atoms with van der Waals surface area (Å²) in [7, 11) is -3.50. The Hall–Kier alpha value is -0.680. The van der Waals surface area contributed by atoms with E-state index in [4.69, 9.17) is 0 Å². The van der Waals surface area contributed by atoms with Gasteiger partial charge in [-0.15, -0.1) is 0 Å². The lowest BCUT2D eigenvalue weighted by molar-refractivity contribution is 0.0976. The van der Waals surface area contributed by atoms with Crippen LogP contribution in [0.2, 0.25) is 0 Å². The number of sulfone groups is 1. The molecule has 0 saturated heterocycles. The van der Waals surface area contributed by atoms with Crippen LogP contribution in [0.3, 0.4) is 0 Å². The molecule has 3 nitrogen and oxygen atoms in total. The molecule has 18 heavy (non-hydrogen) atoms. The van der Waals surface area contributed by atoms with E-state index in [0.29, 0.717) is 5.56 Å². The number of aryl methyl sites for hydroxylation is 1. The van der Waals surface area contributed by atoms with Gasteiger partial charge in [0.1, 0.15) is 0 Å².